The van der Waals surface area contributed by atoms with Crippen LogP contribution in [0.2, 0.25) is 0 Å². The van der Waals surface area contributed by atoms with E-state index in [1.54, 1.807) is 0 Å². The summed E-state index contributed by atoms with van der Waals surface area (Å²) in [5.41, 5.74) is -2.62. The van der Waals surface area contributed by atoms with E-state index < -0.39 is 66.1 Å². The molecule has 0 aromatic carbocycles. The third-order valence-electron chi connectivity index (χ3n) is 3.90. The molecule has 2 fully saturated rings. The molecule has 20 heteroatoms. The minimum atomic E-state index is -5.76. The number of hydrogen-bond donors (Lipinski definition) is 6. The maximum atomic E-state index is 15.0. The van der Waals surface area contributed by atoms with Crippen molar-refractivity contribution in [2.75, 3.05) is 13.2 Å². The number of alkyl halides is 1. The van der Waals surface area contributed by atoms with Gasteiger partial charge in [0.1, 0.15) is 12.2 Å². The van der Waals surface area contributed by atoms with Crippen LogP contribution in [0.1, 0.15) is 13.3 Å². The van der Waals surface area contributed by atoms with Gasteiger partial charge < -0.3 is 29.4 Å². The van der Waals surface area contributed by atoms with E-state index in [2.05, 4.69) is 13.1 Å². The summed E-state index contributed by atoms with van der Waals surface area (Å²) in [4.78, 5) is 59.2. The molecule has 2 heterocycles. The molecule has 174 valence electrons. The first-order valence-electron chi connectivity index (χ1n) is 7.85. The fourth-order valence-electron chi connectivity index (χ4n) is 2.66. The lowest BCUT2D eigenvalue weighted by Gasteiger charge is -2.35. The van der Waals surface area contributed by atoms with Crippen molar-refractivity contribution < 1.29 is 70.2 Å². The van der Waals surface area contributed by atoms with Crippen LogP contribution in [0, 0.1) is 0 Å². The van der Waals surface area contributed by atoms with Gasteiger partial charge in [-0.1, -0.05) is 0 Å². The van der Waals surface area contributed by atoms with Crippen molar-refractivity contribution in [3.8, 4) is 0 Å². The van der Waals surface area contributed by atoms with Crippen molar-refractivity contribution >= 4 is 35.4 Å². The number of urea groups is 1. The number of aliphatic hydroxyl groups is 1. The quantitative estimate of drug-likeness (QED) is 0.220. The highest BCUT2D eigenvalue weighted by Gasteiger charge is 2.58. The van der Waals surface area contributed by atoms with Crippen LogP contribution in [0.4, 0.5) is 9.18 Å². The summed E-state index contributed by atoms with van der Waals surface area (Å²) in [6.45, 7) is -0.504. The number of aliphatic hydroxyl groups excluding tert-OH is 1. The number of nitrogens with one attached hydrogen (secondary N) is 1. The molecule has 2 aliphatic rings. The van der Waals surface area contributed by atoms with Gasteiger partial charge in [0.05, 0.1) is 6.61 Å². The summed E-state index contributed by atoms with van der Waals surface area (Å²) in [6.07, 6.45) is -5.63. The third kappa shape index (κ3) is 6.36. The first-order valence-corrected chi connectivity index (χ1v) is 12.4. The molecule has 0 aromatic rings. The minimum Gasteiger partial charge on any atom is -0.387 e. The minimum absolute atomic E-state index is 0.177. The third-order valence-corrected chi connectivity index (χ3v) is 7.71. The predicted molar refractivity (Wildman–Crippen MR) is 88.9 cm³/mol. The van der Waals surface area contributed by atoms with Gasteiger partial charge in [-0.3, -0.25) is 19.5 Å². The summed E-state index contributed by atoms with van der Waals surface area (Å²) in [7, 11) is -16.9. The van der Waals surface area contributed by atoms with Crippen LogP contribution < -0.4 is 5.32 Å². The summed E-state index contributed by atoms with van der Waals surface area (Å²) in [5, 5.41) is 12.0. The van der Waals surface area contributed by atoms with E-state index in [4.69, 9.17) is 19.4 Å². The fraction of sp³-hybridized carbons (Fsp3) is 0.800. The number of hydrogen-bond acceptors (Lipinski definition) is 10. The number of imide groups is 1. The molecule has 30 heavy (non-hydrogen) atoms. The summed E-state index contributed by atoms with van der Waals surface area (Å²) < 4.78 is 65.0. The zero-order chi connectivity index (χ0) is 23.1. The molecule has 0 bridgehead atoms. The highest BCUT2D eigenvalue weighted by Crippen LogP contribution is 2.66. The molecule has 2 saturated heterocycles. The van der Waals surface area contributed by atoms with Crippen LogP contribution in [0.5, 0.6) is 0 Å². The number of carbonyl (C=O) groups is 2. The highest BCUT2D eigenvalue weighted by molar-refractivity contribution is 7.66. The van der Waals surface area contributed by atoms with Crippen LogP contribution in [0.25, 0.3) is 0 Å². The number of amides is 3. The van der Waals surface area contributed by atoms with Crippen LogP contribution >= 0.6 is 23.5 Å². The molecule has 3 amide bonds. The van der Waals surface area contributed by atoms with Crippen molar-refractivity contribution in [2.24, 2.45) is 0 Å². The monoisotopic (exact) mass is 502 g/mol. The van der Waals surface area contributed by atoms with E-state index in [9.17, 15) is 37.7 Å². The second-order valence-electron chi connectivity index (χ2n) is 6.31. The second kappa shape index (κ2) is 8.62. The SMILES string of the molecule is C[C@@]1(F)[C@H](O)[C@@H](COP(=O)(O)OP(=O)(O)OP(=O)(O)O)O[C@H]1N1CCC(=O)NC1=O. The Hall–Kier alpha value is -0.800. The van der Waals surface area contributed by atoms with E-state index in [0.717, 1.165) is 11.8 Å². The number of phosphoric acid groups is 3. The molecule has 16 nitrogen and oxygen atoms in total. The number of ether oxygens (including phenoxy) is 1. The van der Waals surface area contributed by atoms with Gasteiger partial charge in [0.25, 0.3) is 0 Å². The molecular formula is C10H18FN2O14P3. The van der Waals surface area contributed by atoms with Gasteiger partial charge in [0.2, 0.25) is 5.91 Å². The molecule has 0 radical (unpaired) electrons. The van der Waals surface area contributed by atoms with E-state index in [0.29, 0.717) is 0 Å². The molecule has 6 N–H and O–H groups in total. The highest BCUT2D eigenvalue weighted by atomic mass is 31.3. The molecule has 2 unspecified atom stereocenters. The first-order chi connectivity index (χ1) is 13.4. The molecule has 0 aromatic heterocycles. The lowest BCUT2D eigenvalue weighted by molar-refractivity contribution is -0.126. The van der Waals surface area contributed by atoms with Crippen LogP contribution in [-0.2, 0) is 36.4 Å². The Balaban J connectivity index is 2.04. The number of nitrogens with zero attached hydrogens (tertiary/aromatic N) is 1. The van der Waals surface area contributed by atoms with Gasteiger partial charge in [0, 0.05) is 13.0 Å². The Morgan fingerprint density at radius 3 is 2.33 bits per heavy atom. The van der Waals surface area contributed by atoms with E-state index in [-0.39, 0.29) is 13.0 Å². The summed E-state index contributed by atoms with van der Waals surface area (Å²) in [6, 6.07) is -0.999. The zero-order valence-corrected chi connectivity index (χ0v) is 17.6. The zero-order valence-electron chi connectivity index (χ0n) is 14.9. The number of rotatable bonds is 8. The predicted octanol–water partition coefficient (Wildman–Crippen LogP) is -0.914. The molecule has 0 spiro atoms. The van der Waals surface area contributed by atoms with E-state index >= 15 is 0 Å². The maximum Gasteiger partial charge on any atom is 0.490 e. The molecule has 2 aliphatic heterocycles. The van der Waals surface area contributed by atoms with Crippen molar-refractivity contribution in [1.29, 1.82) is 0 Å². The average Bonchev–Trinajstić information content (AvgIpc) is 2.73. The largest absolute Gasteiger partial charge is 0.490 e. The van der Waals surface area contributed by atoms with E-state index in [1.165, 1.54) is 0 Å². The lowest BCUT2D eigenvalue weighted by Crippen LogP contribution is -2.59. The molecule has 0 saturated carbocycles. The second-order valence-corrected chi connectivity index (χ2v) is 10.7. The number of carbonyl (C=O) groups excluding carboxylic acids is 2. The van der Waals surface area contributed by atoms with Crippen LogP contribution in [-0.4, -0.2) is 78.8 Å². The fourth-order valence-corrected chi connectivity index (χ4v) is 5.69. The first kappa shape index (κ1) is 25.5. The van der Waals surface area contributed by atoms with Crippen LogP contribution in [0.15, 0.2) is 0 Å². The lowest BCUT2D eigenvalue weighted by atomic mass is 9.97. The van der Waals surface area contributed by atoms with E-state index in [1.807, 2.05) is 5.32 Å². The van der Waals surface area contributed by atoms with Gasteiger partial charge in [-0.25, -0.2) is 22.9 Å². The van der Waals surface area contributed by atoms with Gasteiger partial charge in [-0.05, 0) is 6.92 Å². The maximum absolute atomic E-state index is 15.0. The number of halogens is 1. The van der Waals surface area contributed by atoms with Crippen molar-refractivity contribution in [3.63, 3.8) is 0 Å². The Bertz CT molecular complexity index is 846. The molecule has 6 atom stereocenters. The van der Waals surface area contributed by atoms with Crippen LogP contribution in [0.3, 0.4) is 0 Å². The summed E-state index contributed by atoms with van der Waals surface area (Å²) >= 11 is 0. The van der Waals surface area contributed by atoms with Crippen molar-refractivity contribution in [2.45, 2.75) is 37.4 Å². The van der Waals surface area contributed by atoms with Crippen molar-refractivity contribution in [3.05, 3.63) is 0 Å². The Morgan fingerprint density at radius 2 is 1.80 bits per heavy atom. The Labute approximate surface area is 167 Å². The average molecular weight is 502 g/mol. The Kier molecular flexibility index (Phi) is 7.31. The number of phosphoric ester groups is 1. The van der Waals surface area contributed by atoms with Crippen molar-refractivity contribution in [1.82, 2.24) is 10.2 Å². The smallest absolute Gasteiger partial charge is 0.387 e. The molecular weight excluding hydrogens is 484 g/mol. The normalized spacial score (nSPS) is 34.4. The molecule has 0 aliphatic carbocycles. The topological polar surface area (TPSA) is 239 Å². The standard InChI is InChI=1S/C10H18FN2O14P3/c1-10(11)7(15)5(25-8(10)13-3-2-6(14)12-9(13)16)4-24-29(20,21)27-30(22,23)26-28(17,18)19/h5,7-8,15H,2-4H2,1H3,(H,20,21)(H,22,23)(H,12,14,16)(H2,17,18,19)/t5-,7-,8-,10-/m1/s1. The van der Waals surface area contributed by atoms with Gasteiger partial charge in [0.15, 0.2) is 11.9 Å². The Morgan fingerprint density at radius 1 is 1.20 bits per heavy atom. The summed E-state index contributed by atoms with van der Waals surface area (Å²) in [5.74, 6) is -0.612. The molecule has 2 rings (SSSR count). The van der Waals surface area contributed by atoms with Gasteiger partial charge in [-0.2, -0.15) is 8.62 Å². The van der Waals surface area contributed by atoms with Gasteiger partial charge >= 0.3 is 29.5 Å². The van der Waals surface area contributed by atoms with Gasteiger partial charge in [-0.15, -0.1) is 0 Å².